The van der Waals surface area contributed by atoms with Crippen LogP contribution in [0.4, 0.5) is 0 Å². The molecular formula is C18H20ClNO. The van der Waals surface area contributed by atoms with Gasteiger partial charge in [0.1, 0.15) is 11.5 Å². The topological polar surface area (TPSA) is 21.3 Å². The average Bonchev–Trinajstić information content (AvgIpc) is 2.94. The van der Waals surface area contributed by atoms with Crippen LogP contribution in [0, 0.1) is 0 Å². The predicted octanol–water partition coefficient (Wildman–Crippen LogP) is 4.90. The van der Waals surface area contributed by atoms with Crippen molar-refractivity contribution in [2.45, 2.75) is 32.2 Å². The van der Waals surface area contributed by atoms with Crippen LogP contribution in [0.2, 0.25) is 5.02 Å². The van der Waals surface area contributed by atoms with Crippen molar-refractivity contribution in [1.29, 1.82) is 0 Å². The minimum atomic E-state index is 0.228. The molecule has 0 radical (unpaired) electrons. The van der Waals surface area contributed by atoms with Crippen LogP contribution < -0.4 is 10.1 Å². The third kappa shape index (κ3) is 3.07. The van der Waals surface area contributed by atoms with Gasteiger partial charge in [0.15, 0.2) is 0 Å². The molecular weight excluding hydrogens is 282 g/mol. The van der Waals surface area contributed by atoms with Crippen molar-refractivity contribution in [3.8, 4) is 11.5 Å². The number of ether oxygens (including phenoxy) is 1. The van der Waals surface area contributed by atoms with Crippen molar-refractivity contribution >= 4 is 11.6 Å². The second-order valence-corrected chi connectivity index (χ2v) is 5.99. The standard InChI is InChI=1S/C18H20ClNO/c1-12(20-2)17-9-8-16(11-18(17)19)21-15-7-6-13-4-3-5-14(13)10-15/h6-12,20H,3-5H2,1-2H3. The maximum absolute atomic E-state index is 6.34. The van der Waals surface area contributed by atoms with E-state index in [1.54, 1.807) is 0 Å². The zero-order valence-corrected chi connectivity index (χ0v) is 13.2. The predicted molar refractivity (Wildman–Crippen MR) is 87.5 cm³/mol. The Balaban J connectivity index is 1.80. The molecule has 2 aromatic carbocycles. The Morgan fingerprint density at radius 3 is 2.52 bits per heavy atom. The third-order valence-corrected chi connectivity index (χ3v) is 4.50. The summed E-state index contributed by atoms with van der Waals surface area (Å²) in [5.41, 5.74) is 3.96. The number of fused-ring (bicyclic) bond motifs is 1. The highest BCUT2D eigenvalue weighted by atomic mass is 35.5. The molecule has 1 N–H and O–H groups in total. The molecule has 0 heterocycles. The average molecular weight is 302 g/mol. The zero-order valence-electron chi connectivity index (χ0n) is 12.4. The maximum Gasteiger partial charge on any atom is 0.128 e. The summed E-state index contributed by atoms with van der Waals surface area (Å²) in [6, 6.07) is 12.5. The van der Waals surface area contributed by atoms with E-state index < -0.39 is 0 Å². The highest BCUT2D eigenvalue weighted by Crippen LogP contribution is 2.32. The van der Waals surface area contributed by atoms with Gasteiger partial charge in [0, 0.05) is 11.1 Å². The summed E-state index contributed by atoms with van der Waals surface area (Å²) in [5, 5.41) is 3.93. The lowest BCUT2D eigenvalue weighted by atomic mass is 10.1. The normalized spacial score (nSPS) is 14.8. The van der Waals surface area contributed by atoms with E-state index in [0.29, 0.717) is 0 Å². The summed E-state index contributed by atoms with van der Waals surface area (Å²) < 4.78 is 5.95. The van der Waals surface area contributed by atoms with Gasteiger partial charge in [0.25, 0.3) is 0 Å². The van der Waals surface area contributed by atoms with Crippen molar-refractivity contribution < 1.29 is 4.74 Å². The molecule has 1 unspecified atom stereocenters. The Kier molecular flexibility index (Phi) is 4.18. The number of aryl methyl sites for hydroxylation is 2. The summed E-state index contributed by atoms with van der Waals surface area (Å²) >= 11 is 6.34. The van der Waals surface area contributed by atoms with E-state index in [1.807, 2.05) is 31.3 Å². The molecule has 0 spiro atoms. The van der Waals surface area contributed by atoms with E-state index in [4.69, 9.17) is 16.3 Å². The van der Waals surface area contributed by atoms with Crippen molar-refractivity contribution in [3.05, 3.63) is 58.1 Å². The second-order valence-electron chi connectivity index (χ2n) is 5.58. The van der Waals surface area contributed by atoms with E-state index in [9.17, 15) is 0 Å². The quantitative estimate of drug-likeness (QED) is 0.867. The molecule has 0 bridgehead atoms. The summed E-state index contributed by atoms with van der Waals surface area (Å²) in [7, 11) is 1.93. The molecule has 0 aromatic heterocycles. The van der Waals surface area contributed by atoms with Crippen LogP contribution in [-0.4, -0.2) is 7.05 Å². The van der Waals surface area contributed by atoms with Gasteiger partial charge < -0.3 is 10.1 Å². The highest BCUT2D eigenvalue weighted by Gasteiger charge is 2.12. The third-order valence-electron chi connectivity index (χ3n) is 4.18. The first kappa shape index (κ1) is 14.4. The van der Waals surface area contributed by atoms with Crippen molar-refractivity contribution in [2.75, 3.05) is 7.05 Å². The first-order valence-corrected chi connectivity index (χ1v) is 7.81. The first-order valence-electron chi connectivity index (χ1n) is 7.44. The fourth-order valence-electron chi connectivity index (χ4n) is 2.83. The van der Waals surface area contributed by atoms with Gasteiger partial charge in [0.2, 0.25) is 0 Å². The number of hydrogen-bond acceptors (Lipinski definition) is 2. The van der Waals surface area contributed by atoms with Crippen molar-refractivity contribution in [1.82, 2.24) is 5.32 Å². The van der Waals surface area contributed by atoms with Crippen LogP contribution in [-0.2, 0) is 12.8 Å². The fraction of sp³-hybridized carbons (Fsp3) is 0.333. The first-order chi connectivity index (χ1) is 10.2. The Bertz CT molecular complexity index is 654. The van der Waals surface area contributed by atoms with Crippen LogP contribution in [0.25, 0.3) is 0 Å². The molecule has 0 amide bonds. The molecule has 0 aliphatic heterocycles. The monoisotopic (exact) mass is 301 g/mol. The van der Waals surface area contributed by atoms with E-state index >= 15 is 0 Å². The minimum absolute atomic E-state index is 0.228. The number of benzene rings is 2. The Morgan fingerprint density at radius 2 is 1.76 bits per heavy atom. The minimum Gasteiger partial charge on any atom is -0.457 e. The molecule has 1 atom stereocenters. The highest BCUT2D eigenvalue weighted by molar-refractivity contribution is 6.31. The second kappa shape index (κ2) is 6.08. The van der Waals surface area contributed by atoms with Gasteiger partial charge in [0.05, 0.1) is 0 Å². The summed E-state index contributed by atoms with van der Waals surface area (Å²) in [6.45, 7) is 2.09. The molecule has 110 valence electrons. The van der Waals surface area contributed by atoms with E-state index in [2.05, 4.69) is 24.4 Å². The maximum atomic E-state index is 6.34. The lowest BCUT2D eigenvalue weighted by Gasteiger charge is -2.14. The van der Waals surface area contributed by atoms with Crippen LogP contribution in [0.1, 0.15) is 36.1 Å². The van der Waals surface area contributed by atoms with Crippen LogP contribution in [0.15, 0.2) is 36.4 Å². The number of halogens is 1. The Labute approximate surface area is 131 Å². The fourth-order valence-corrected chi connectivity index (χ4v) is 3.16. The van der Waals surface area contributed by atoms with Gasteiger partial charge in [-0.15, -0.1) is 0 Å². The Morgan fingerprint density at radius 1 is 1.05 bits per heavy atom. The van der Waals surface area contributed by atoms with Gasteiger partial charge in [-0.3, -0.25) is 0 Å². The molecule has 0 saturated heterocycles. The number of nitrogens with one attached hydrogen (secondary N) is 1. The van der Waals surface area contributed by atoms with E-state index in [-0.39, 0.29) is 6.04 Å². The van der Waals surface area contributed by atoms with Gasteiger partial charge in [-0.05, 0) is 74.2 Å². The van der Waals surface area contributed by atoms with Gasteiger partial charge in [-0.1, -0.05) is 23.7 Å². The number of hydrogen-bond donors (Lipinski definition) is 1. The molecule has 0 fully saturated rings. The van der Waals surface area contributed by atoms with Gasteiger partial charge in [-0.2, -0.15) is 0 Å². The molecule has 3 heteroatoms. The lowest BCUT2D eigenvalue weighted by Crippen LogP contribution is -2.12. The van der Waals surface area contributed by atoms with Crippen LogP contribution in [0.3, 0.4) is 0 Å². The van der Waals surface area contributed by atoms with E-state index in [0.717, 1.165) is 28.5 Å². The largest absolute Gasteiger partial charge is 0.457 e. The van der Waals surface area contributed by atoms with Crippen molar-refractivity contribution in [3.63, 3.8) is 0 Å². The molecule has 3 rings (SSSR count). The van der Waals surface area contributed by atoms with Crippen molar-refractivity contribution in [2.24, 2.45) is 0 Å². The number of rotatable bonds is 4. The summed E-state index contributed by atoms with van der Waals surface area (Å²) in [6.07, 6.45) is 3.60. The smallest absolute Gasteiger partial charge is 0.128 e. The van der Waals surface area contributed by atoms with Crippen LogP contribution >= 0.6 is 11.6 Å². The van der Waals surface area contributed by atoms with Gasteiger partial charge >= 0.3 is 0 Å². The summed E-state index contributed by atoms with van der Waals surface area (Å²) in [4.78, 5) is 0. The Hall–Kier alpha value is -1.51. The zero-order chi connectivity index (χ0) is 14.8. The van der Waals surface area contributed by atoms with E-state index in [1.165, 1.54) is 24.0 Å². The molecule has 0 saturated carbocycles. The molecule has 1 aliphatic carbocycles. The molecule has 1 aliphatic rings. The SMILES string of the molecule is CNC(C)c1ccc(Oc2ccc3c(c2)CCC3)cc1Cl. The lowest BCUT2D eigenvalue weighted by molar-refractivity contribution is 0.481. The molecule has 2 aromatic rings. The summed E-state index contributed by atoms with van der Waals surface area (Å²) in [5.74, 6) is 1.67. The molecule has 21 heavy (non-hydrogen) atoms. The molecule has 2 nitrogen and oxygen atoms in total. The van der Waals surface area contributed by atoms with Gasteiger partial charge in [-0.25, -0.2) is 0 Å². The van der Waals surface area contributed by atoms with Crippen LogP contribution in [0.5, 0.6) is 11.5 Å².